The number of nitrogens with zero attached hydrogens (tertiary/aromatic N) is 2. The van der Waals surface area contributed by atoms with Gasteiger partial charge in [-0.05, 0) is 18.2 Å². The van der Waals surface area contributed by atoms with Crippen LogP contribution in [0.15, 0.2) is 24.3 Å². The lowest BCUT2D eigenvalue weighted by atomic mass is 10.1. The number of hydrogen-bond donors (Lipinski definition) is 0. The van der Waals surface area contributed by atoms with Crippen molar-refractivity contribution in [2.75, 3.05) is 0 Å². The van der Waals surface area contributed by atoms with Crippen molar-refractivity contribution in [3.05, 3.63) is 46.0 Å². The molecule has 1 heterocycles. The first-order valence-corrected chi connectivity index (χ1v) is 5.60. The number of benzene rings is 1. The standard InChI is InChI=1S/C11H4Cl2F4N2/c12-8-4-9(13)19-10(18-8)6-2-1-5(14)3-7(6)11(15,16)17/h1-4H. The molecule has 0 aliphatic carbocycles. The van der Waals surface area contributed by atoms with Crippen LogP contribution in [0.1, 0.15) is 5.56 Å². The molecule has 8 heteroatoms. The maximum Gasteiger partial charge on any atom is 0.417 e. The number of alkyl halides is 3. The van der Waals surface area contributed by atoms with E-state index in [-0.39, 0.29) is 16.1 Å². The van der Waals surface area contributed by atoms with Gasteiger partial charge in [-0.1, -0.05) is 23.2 Å². The predicted octanol–water partition coefficient (Wildman–Crippen LogP) is 4.61. The fraction of sp³-hybridized carbons (Fsp3) is 0.0909. The zero-order valence-corrected chi connectivity index (χ0v) is 10.5. The molecule has 1 aromatic carbocycles. The van der Waals surface area contributed by atoms with E-state index in [1.54, 1.807) is 0 Å². The van der Waals surface area contributed by atoms with E-state index in [9.17, 15) is 17.6 Å². The first-order chi connectivity index (χ1) is 8.77. The monoisotopic (exact) mass is 310 g/mol. The van der Waals surface area contributed by atoms with Crippen LogP contribution in [0.5, 0.6) is 0 Å². The lowest BCUT2D eigenvalue weighted by Crippen LogP contribution is -2.09. The van der Waals surface area contributed by atoms with Gasteiger partial charge in [0.15, 0.2) is 5.82 Å². The van der Waals surface area contributed by atoms with E-state index in [4.69, 9.17) is 23.2 Å². The molecule has 0 fully saturated rings. The second-order valence-corrected chi connectivity index (χ2v) is 4.30. The van der Waals surface area contributed by atoms with Crippen LogP contribution in [0.25, 0.3) is 11.4 Å². The normalized spacial score (nSPS) is 11.7. The molecule has 1 aromatic heterocycles. The molecule has 0 amide bonds. The predicted molar refractivity (Wildman–Crippen MR) is 62.4 cm³/mol. The summed E-state index contributed by atoms with van der Waals surface area (Å²) in [6, 6.07) is 3.36. The van der Waals surface area contributed by atoms with Gasteiger partial charge in [-0.3, -0.25) is 0 Å². The molecule has 0 aliphatic rings. The Kier molecular flexibility index (Phi) is 3.64. The fourth-order valence-corrected chi connectivity index (χ4v) is 1.88. The van der Waals surface area contributed by atoms with Crippen molar-refractivity contribution in [2.45, 2.75) is 6.18 Å². The highest BCUT2D eigenvalue weighted by Crippen LogP contribution is 2.36. The maximum absolute atomic E-state index is 13.0. The topological polar surface area (TPSA) is 25.8 Å². The van der Waals surface area contributed by atoms with Gasteiger partial charge in [0, 0.05) is 11.6 Å². The number of aromatic nitrogens is 2. The molecule has 0 spiro atoms. The second kappa shape index (κ2) is 4.94. The lowest BCUT2D eigenvalue weighted by molar-refractivity contribution is -0.137. The van der Waals surface area contributed by atoms with Crippen LogP contribution in [0.3, 0.4) is 0 Å². The van der Waals surface area contributed by atoms with Gasteiger partial charge in [-0.2, -0.15) is 13.2 Å². The van der Waals surface area contributed by atoms with E-state index < -0.39 is 23.1 Å². The molecule has 0 unspecified atom stereocenters. The molecular weight excluding hydrogens is 307 g/mol. The van der Waals surface area contributed by atoms with Gasteiger partial charge < -0.3 is 0 Å². The Morgan fingerprint density at radius 1 is 0.947 bits per heavy atom. The summed E-state index contributed by atoms with van der Waals surface area (Å²) in [6.07, 6.45) is -4.74. The average Bonchev–Trinajstić information content (AvgIpc) is 2.26. The molecule has 100 valence electrons. The Morgan fingerprint density at radius 3 is 2.05 bits per heavy atom. The van der Waals surface area contributed by atoms with Crippen LogP contribution in [0.4, 0.5) is 17.6 Å². The Hall–Kier alpha value is -1.40. The summed E-state index contributed by atoms with van der Waals surface area (Å²) in [4.78, 5) is 7.31. The van der Waals surface area contributed by atoms with E-state index in [2.05, 4.69) is 9.97 Å². The number of rotatable bonds is 1. The minimum absolute atomic E-state index is 0.104. The van der Waals surface area contributed by atoms with E-state index in [0.29, 0.717) is 6.07 Å². The van der Waals surface area contributed by atoms with Gasteiger partial charge in [0.25, 0.3) is 0 Å². The van der Waals surface area contributed by atoms with Gasteiger partial charge in [0.05, 0.1) is 5.56 Å². The fourth-order valence-electron chi connectivity index (χ4n) is 1.46. The first kappa shape index (κ1) is 14.0. The van der Waals surface area contributed by atoms with E-state index in [1.807, 2.05) is 0 Å². The Balaban J connectivity index is 2.68. The van der Waals surface area contributed by atoms with E-state index >= 15 is 0 Å². The minimum Gasteiger partial charge on any atom is -0.216 e. The minimum atomic E-state index is -4.74. The first-order valence-electron chi connectivity index (χ1n) is 4.84. The van der Waals surface area contributed by atoms with Gasteiger partial charge in [-0.25, -0.2) is 14.4 Å². The van der Waals surface area contributed by atoms with Crippen molar-refractivity contribution in [2.24, 2.45) is 0 Å². The second-order valence-electron chi connectivity index (χ2n) is 3.52. The van der Waals surface area contributed by atoms with Gasteiger partial charge in [0.1, 0.15) is 16.1 Å². The summed E-state index contributed by atoms with van der Waals surface area (Å²) in [5.41, 5.74) is -1.58. The highest BCUT2D eigenvalue weighted by atomic mass is 35.5. The summed E-state index contributed by atoms with van der Waals surface area (Å²) in [6.45, 7) is 0. The molecular formula is C11H4Cl2F4N2. The molecule has 0 bridgehead atoms. The average molecular weight is 311 g/mol. The SMILES string of the molecule is Fc1ccc(-c2nc(Cl)cc(Cl)n2)c(C(F)(F)F)c1. The summed E-state index contributed by atoms with van der Waals surface area (Å²) in [5, 5.41) is -0.208. The van der Waals surface area contributed by atoms with Crippen molar-refractivity contribution in [1.82, 2.24) is 9.97 Å². The molecule has 0 N–H and O–H groups in total. The largest absolute Gasteiger partial charge is 0.417 e. The van der Waals surface area contributed by atoms with Crippen LogP contribution in [0.2, 0.25) is 10.3 Å². The Morgan fingerprint density at radius 2 is 1.53 bits per heavy atom. The van der Waals surface area contributed by atoms with Crippen LogP contribution in [0, 0.1) is 5.82 Å². The third-order valence-electron chi connectivity index (χ3n) is 2.19. The van der Waals surface area contributed by atoms with E-state index in [1.165, 1.54) is 6.07 Å². The lowest BCUT2D eigenvalue weighted by Gasteiger charge is -2.12. The Labute approximate surface area is 115 Å². The zero-order valence-electron chi connectivity index (χ0n) is 8.97. The summed E-state index contributed by atoms with van der Waals surface area (Å²) >= 11 is 11.2. The quantitative estimate of drug-likeness (QED) is 0.568. The molecule has 0 saturated carbocycles. The smallest absolute Gasteiger partial charge is 0.216 e. The van der Waals surface area contributed by atoms with Crippen molar-refractivity contribution in [3.8, 4) is 11.4 Å². The molecule has 2 rings (SSSR count). The highest BCUT2D eigenvalue weighted by molar-refractivity contribution is 6.33. The summed E-state index contributed by atoms with van der Waals surface area (Å²) in [5.74, 6) is -1.32. The summed E-state index contributed by atoms with van der Waals surface area (Å²) in [7, 11) is 0. The molecule has 2 aromatic rings. The van der Waals surface area contributed by atoms with Gasteiger partial charge >= 0.3 is 6.18 Å². The van der Waals surface area contributed by atoms with Crippen LogP contribution in [-0.2, 0) is 6.18 Å². The Bertz CT molecular complexity index is 608. The molecule has 2 nitrogen and oxygen atoms in total. The van der Waals surface area contributed by atoms with Crippen LogP contribution < -0.4 is 0 Å². The van der Waals surface area contributed by atoms with Crippen molar-refractivity contribution in [1.29, 1.82) is 0 Å². The highest BCUT2D eigenvalue weighted by Gasteiger charge is 2.35. The zero-order chi connectivity index (χ0) is 14.2. The molecule has 0 saturated heterocycles. The van der Waals surface area contributed by atoms with Crippen molar-refractivity contribution < 1.29 is 17.6 Å². The van der Waals surface area contributed by atoms with E-state index in [0.717, 1.165) is 12.1 Å². The molecule has 0 atom stereocenters. The third kappa shape index (κ3) is 3.13. The van der Waals surface area contributed by atoms with Gasteiger partial charge in [0.2, 0.25) is 0 Å². The number of halogens is 6. The van der Waals surface area contributed by atoms with Crippen molar-refractivity contribution in [3.63, 3.8) is 0 Å². The molecule has 0 aliphatic heterocycles. The van der Waals surface area contributed by atoms with Crippen molar-refractivity contribution >= 4 is 23.2 Å². The van der Waals surface area contributed by atoms with Crippen LogP contribution >= 0.6 is 23.2 Å². The maximum atomic E-state index is 13.0. The summed E-state index contributed by atoms with van der Waals surface area (Å²) < 4.78 is 51.4. The molecule has 19 heavy (non-hydrogen) atoms. The van der Waals surface area contributed by atoms with Crippen LogP contribution in [-0.4, -0.2) is 9.97 Å². The van der Waals surface area contributed by atoms with Gasteiger partial charge in [-0.15, -0.1) is 0 Å². The number of hydrogen-bond acceptors (Lipinski definition) is 2. The third-order valence-corrected chi connectivity index (χ3v) is 2.58. The molecule has 0 radical (unpaired) electrons.